The molecule has 1 aliphatic rings. The average Bonchev–Trinajstić information content (AvgIpc) is 2.53. The first kappa shape index (κ1) is 15.1. The molecule has 22 heavy (non-hydrogen) atoms. The predicted molar refractivity (Wildman–Crippen MR) is 88.6 cm³/mol. The molecule has 0 spiro atoms. The molecule has 0 N–H and O–H groups in total. The number of carbonyl (C=O) groups excluding carboxylic acids is 1. The molecule has 3 rings (SSSR count). The number of hydrogen-bond donors (Lipinski definition) is 0. The van der Waals surface area contributed by atoms with Gasteiger partial charge in [-0.3, -0.25) is 4.79 Å². The zero-order chi connectivity index (χ0) is 15.5. The first-order chi connectivity index (χ1) is 10.7. The number of benzene rings is 2. The van der Waals surface area contributed by atoms with Gasteiger partial charge in [0.15, 0.2) is 0 Å². The first-order valence-electron chi connectivity index (χ1n) is 7.70. The van der Waals surface area contributed by atoms with Gasteiger partial charge < -0.3 is 4.74 Å². The fourth-order valence-electron chi connectivity index (χ4n) is 2.92. The van der Waals surface area contributed by atoms with Crippen LogP contribution in [0, 0.1) is 0 Å². The maximum absolute atomic E-state index is 11.5. The molecular weight excluding hydrogens is 296 g/mol. The molecular formula is C19H19ClO2. The van der Waals surface area contributed by atoms with Crippen LogP contribution >= 0.6 is 11.6 Å². The second-order valence-electron chi connectivity index (χ2n) is 5.67. The molecule has 0 amide bonds. The Bertz CT molecular complexity index is 707. The van der Waals surface area contributed by atoms with Crippen LogP contribution in [0.2, 0.25) is 5.02 Å². The topological polar surface area (TPSA) is 26.3 Å². The van der Waals surface area contributed by atoms with Crippen molar-refractivity contribution in [1.82, 2.24) is 0 Å². The van der Waals surface area contributed by atoms with Gasteiger partial charge in [0.2, 0.25) is 0 Å². The zero-order valence-electron chi connectivity index (χ0n) is 12.7. The quantitative estimate of drug-likeness (QED) is 0.828. The lowest BCUT2D eigenvalue weighted by molar-refractivity contribution is -0.118. The fraction of sp³-hybridized carbons (Fsp3) is 0.316. The minimum atomic E-state index is 0.324. The summed E-state index contributed by atoms with van der Waals surface area (Å²) in [4.78, 5) is 11.5. The molecule has 0 unspecified atom stereocenters. The van der Waals surface area contributed by atoms with E-state index in [4.69, 9.17) is 16.3 Å². The van der Waals surface area contributed by atoms with Crippen molar-refractivity contribution in [3.8, 4) is 5.75 Å². The van der Waals surface area contributed by atoms with Gasteiger partial charge in [-0.1, -0.05) is 36.7 Å². The van der Waals surface area contributed by atoms with Crippen molar-refractivity contribution in [2.24, 2.45) is 0 Å². The van der Waals surface area contributed by atoms with Gasteiger partial charge in [0.1, 0.15) is 18.1 Å². The third-order valence-electron chi connectivity index (χ3n) is 4.22. The van der Waals surface area contributed by atoms with Crippen molar-refractivity contribution in [2.45, 2.75) is 39.2 Å². The molecule has 3 heteroatoms. The smallest absolute Gasteiger partial charge is 0.137 e. The lowest BCUT2D eigenvalue weighted by atomic mass is 9.91. The third-order valence-corrected chi connectivity index (χ3v) is 4.57. The monoisotopic (exact) mass is 314 g/mol. The molecule has 0 aromatic heterocycles. The van der Waals surface area contributed by atoms with Crippen LogP contribution in [0.1, 0.15) is 35.6 Å². The summed E-state index contributed by atoms with van der Waals surface area (Å²) in [5.74, 6) is 1.17. The Morgan fingerprint density at radius 2 is 2.00 bits per heavy atom. The Hall–Kier alpha value is -1.80. The molecule has 0 atom stereocenters. The van der Waals surface area contributed by atoms with E-state index in [0.717, 1.165) is 34.7 Å². The van der Waals surface area contributed by atoms with E-state index >= 15 is 0 Å². The Balaban J connectivity index is 1.76. The van der Waals surface area contributed by atoms with Crippen molar-refractivity contribution in [3.63, 3.8) is 0 Å². The van der Waals surface area contributed by atoms with Crippen LogP contribution < -0.4 is 4.74 Å². The normalized spacial score (nSPS) is 13.8. The molecule has 0 aliphatic heterocycles. The predicted octanol–water partition coefficient (Wildman–Crippen LogP) is 4.54. The molecule has 2 nitrogen and oxygen atoms in total. The summed E-state index contributed by atoms with van der Waals surface area (Å²) in [5, 5.41) is 0.753. The molecule has 1 aliphatic carbocycles. The van der Waals surface area contributed by atoms with Crippen molar-refractivity contribution in [2.75, 3.05) is 0 Å². The second-order valence-corrected chi connectivity index (χ2v) is 6.07. The summed E-state index contributed by atoms with van der Waals surface area (Å²) in [6.45, 7) is 2.59. The van der Waals surface area contributed by atoms with Crippen LogP contribution in [0.5, 0.6) is 5.75 Å². The van der Waals surface area contributed by atoms with Crippen LogP contribution in [0.3, 0.4) is 0 Å². The largest absolute Gasteiger partial charge is 0.489 e. The highest BCUT2D eigenvalue weighted by molar-refractivity contribution is 6.31. The summed E-state index contributed by atoms with van der Waals surface area (Å²) in [6, 6.07) is 12.0. The highest BCUT2D eigenvalue weighted by atomic mass is 35.5. The van der Waals surface area contributed by atoms with Gasteiger partial charge in [-0.15, -0.1) is 0 Å². The number of Topliss-reactive ketones (excluding diaryl/α,β-unsaturated/α-hetero) is 1. The van der Waals surface area contributed by atoms with Crippen LogP contribution in [0.4, 0.5) is 0 Å². The summed E-state index contributed by atoms with van der Waals surface area (Å²) in [6.07, 6.45) is 2.95. The zero-order valence-corrected chi connectivity index (χ0v) is 13.5. The third kappa shape index (κ3) is 3.17. The van der Waals surface area contributed by atoms with Gasteiger partial charge in [-0.2, -0.15) is 0 Å². The molecule has 0 bridgehead atoms. The van der Waals surface area contributed by atoms with Gasteiger partial charge in [0.25, 0.3) is 0 Å². The standard InChI is InChI=1S/C19H19ClO2/c1-2-13-4-3-5-19(20)18(13)12-22-17-9-7-14-10-16(21)8-6-15(14)11-17/h3-5,7,9,11H,2,6,8,10,12H2,1H3. The van der Waals surface area contributed by atoms with E-state index in [-0.39, 0.29) is 0 Å². The minimum absolute atomic E-state index is 0.324. The molecule has 0 radical (unpaired) electrons. The van der Waals surface area contributed by atoms with E-state index in [9.17, 15) is 4.79 Å². The number of ether oxygens (including phenoxy) is 1. The summed E-state index contributed by atoms with van der Waals surface area (Å²) in [7, 11) is 0. The maximum atomic E-state index is 11.5. The molecule has 2 aromatic carbocycles. The van der Waals surface area contributed by atoms with E-state index in [1.54, 1.807) is 0 Å². The number of carbonyl (C=O) groups is 1. The van der Waals surface area contributed by atoms with Crippen molar-refractivity contribution in [1.29, 1.82) is 0 Å². The number of fused-ring (bicyclic) bond motifs is 1. The van der Waals surface area contributed by atoms with Crippen LogP contribution in [0.25, 0.3) is 0 Å². The second kappa shape index (κ2) is 6.53. The van der Waals surface area contributed by atoms with E-state index in [2.05, 4.69) is 19.1 Å². The highest BCUT2D eigenvalue weighted by Gasteiger charge is 2.16. The molecule has 0 saturated carbocycles. The Morgan fingerprint density at radius 3 is 2.82 bits per heavy atom. The molecule has 114 valence electrons. The lowest BCUT2D eigenvalue weighted by Gasteiger charge is -2.17. The Kier molecular flexibility index (Phi) is 4.49. The van der Waals surface area contributed by atoms with Crippen molar-refractivity contribution < 1.29 is 9.53 Å². The Labute approximate surface area is 136 Å². The molecule has 0 saturated heterocycles. The van der Waals surface area contributed by atoms with Crippen molar-refractivity contribution in [3.05, 3.63) is 63.7 Å². The van der Waals surface area contributed by atoms with Gasteiger partial charge in [-0.05, 0) is 47.7 Å². The van der Waals surface area contributed by atoms with Crippen molar-refractivity contribution >= 4 is 17.4 Å². The first-order valence-corrected chi connectivity index (χ1v) is 8.07. The van der Waals surface area contributed by atoms with Crippen LogP contribution in [0.15, 0.2) is 36.4 Å². The number of halogens is 1. The molecule has 0 fully saturated rings. The SMILES string of the molecule is CCc1cccc(Cl)c1COc1ccc2c(c1)CCC(=O)C2. The van der Waals surface area contributed by atoms with Gasteiger partial charge >= 0.3 is 0 Å². The van der Waals surface area contributed by atoms with E-state index in [1.165, 1.54) is 11.1 Å². The maximum Gasteiger partial charge on any atom is 0.137 e. The summed E-state index contributed by atoms with van der Waals surface area (Å²) >= 11 is 6.29. The molecule has 2 aromatic rings. The van der Waals surface area contributed by atoms with Gasteiger partial charge in [0, 0.05) is 23.4 Å². The van der Waals surface area contributed by atoms with Gasteiger partial charge in [-0.25, -0.2) is 0 Å². The Morgan fingerprint density at radius 1 is 1.14 bits per heavy atom. The van der Waals surface area contributed by atoms with Crippen LogP contribution in [-0.4, -0.2) is 5.78 Å². The number of aryl methyl sites for hydroxylation is 2. The lowest BCUT2D eigenvalue weighted by Crippen LogP contribution is -2.13. The molecule has 0 heterocycles. The number of hydrogen-bond acceptors (Lipinski definition) is 2. The highest BCUT2D eigenvalue weighted by Crippen LogP contribution is 2.26. The average molecular weight is 315 g/mol. The van der Waals surface area contributed by atoms with Gasteiger partial charge in [0.05, 0.1) is 0 Å². The number of rotatable bonds is 4. The van der Waals surface area contributed by atoms with E-state index in [1.807, 2.05) is 24.3 Å². The van der Waals surface area contributed by atoms with Crippen LogP contribution in [-0.2, 0) is 30.7 Å². The van der Waals surface area contributed by atoms with E-state index < -0.39 is 0 Å². The minimum Gasteiger partial charge on any atom is -0.489 e. The fourth-order valence-corrected chi connectivity index (χ4v) is 3.17. The number of ketones is 1. The van der Waals surface area contributed by atoms with E-state index in [0.29, 0.717) is 25.2 Å². The summed E-state index contributed by atoms with van der Waals surface area (Å²) < 4.78 is 5.94. The summed E-state index contributed by atoms with van der Waals surface area (Å²) in [5.41, 5.74) is 4.64.